The zero-order valence-electron chi connectivity index (χ0n) is 8.96. The maximum atomic E-state index is 13.5. The molecule has 3 heteroatoms. The molecular formula is C12H17FN2. The molecule has 1 fully saturated rings. The predicted octanol–water partition coefficient (Wildman–Crippen LogP) is 2.43. The Balaban J connectivity index is 2.10. The zero-order chi connectivity index (χ0) is 10.8. The van der Waals surface area contributed by atoms with Gasteiger partial charge in [0.25, 0.3) is 0 Å². The third-order valence-electron chi connectivity index (χ3n) is 3.03. The van der Waals surface area contributed by atoms with Crippen molar-refractivity contribution in [3.05, 3.63) is 29.6 Å². The van der Waals surface area contributed by atoms with E-state index in [-0.39, 0.29) is 17.9 Å². The number of nitrogens with one attached hydrogen (secondary N) is 1. The molecule has 0 unspecified atom stereocenters. The lowest BCUT2D eigenvalue weighted by Crippen LogP contribution is -2.35. The molecule has 0 saturated heterocycles. The van der Waals surface area contributed by atoms with Crippen molar-refractivity contribution >= 4 is 5.69 Å². The fourth-order valence-corrected chi connectivity index (χ4v) is 2.10. The molecule has 3 N–H and O–H groups in total. The standard InChI is InChI=1S/C12H17FN2/c1-8-5-6-11(9(13)7-8)15-12-4-2-3-10(12)14/h5-7,10,12,15H,2-4,14H2,1H3/t10-,12+/m1/s1. The molecule has 0 radical (unpaired) electrons. The summed E-state index contributed by atoms with van der Waals surface area (Å²) in [5.41, 5.74) is 7.43. The van der Waals surface area contributed by atoms with Crippen LogP contribution < -0.4 is 11.1 Å². The number of benzene rings is 1. The molecule has 0 heterocycles. The lowest BCUT2D eigenvalue weighted by atomic mass is 10.1. The Morgan fingerprint density at radius 3 is 2.80 bits per heavy atom. The summed E-state index contributed by atoms with van der Waals surface area (Å²) in [5, 5.41) is 3.19. The van der Waals surface area contributed by atoms with E-state index in [1.807, 2.05) is 13.0 Å². The number of aryl methyl sites for hydroxylation is 1. The second-order valence-corrected chi connectivity index (χ2v) is 4.33. The van der Waals surface area contributed by atoms with Gasteiger partial charge in [-0.3, -0.25) is 0 Å². The van der Waals surface area contributed by atoms with Crippen molar-refractivity contribution in [3.8, 4) is 0 Å². The van der Waals surface area contributed by atoms with E-state index in [1.54, 1.807) is 12.1 Å². The lowest BCUT2D eigenvalue weighted by molar-refractivity contribution is 0.607. The molecule has 0 aliphatic heterocycles. The molecule has 82 valence electrons. The Bertz CT molecular complexity index is 351. The Hall–Kier alpha value is -1.09. The summed E-state index contributed by atoms with van der Waals surface area (Å²) in [4.78, 5) is 0. The number of anilines is 1. The van der Waals surface area contributed by atoms with Gasteiger partial charge in [0.05, 0.1) is 5.69 Å². The number of hydrogen-bond acceptors (Lipinski definition) is 2. The Labute approximate surface area is 89.7 Å². The van der Waals surface area contributed by atoms with E-state index < -0.39 is 0 Å². The Morgan fingerprint density at radius 1 is 1.40 bits per heavy atom. The summed E-state index contributed by atoms with van der Waals surface area (Å²) < 4.78 is 13.5. The van der Waals surface area contributed by atoms with Crippen LogP contribution in [0.4, 0.5) is 10.1 Å². The third-order valence-corrected chi connectivity index (χ3v) is 3.03. The van der Waals surface area contributed by atoms with Gasteiger partial charge >= 0.3 is 0 Å². The van der Waals surface area contributed by atoms with E-state index in [4.69, 9.17) is 5.73 Å². The first kappa shape index (κ1) is 10.4. The number of rotatable bonds is 2. The summed E-state index contributed by atoms with van der Waals surface area (Å²) >= 11 is 0. The summed E-state index contributed by atoms with van der Waals surface area (Å²) in [7, 11) is 0. The molecule has 2 nitrogen and oxygen atoms in total. The van der Waals surface area contributed by atoms with Crippen molar-refractivity contribution in [2.45, 2.75) is 38.3 Å². The van der Waals surface area contributed by atoms with Gasteiger partial charge in [0.2, 0.25) is 0 Å². The number of hydrogen-bond donors (Lipinski definition) is 2. The predicted molar refractivity (Wildman–Crippen MR) is 60.4 cm³/mol. The van der Waals surface area contributed by atoms with Crippen LogP contribution in [0, 0.1) is 12.7 Å². The first-order valence-corrected chi connectivity index (χ1v) is 5.45. The van der Waals surface area contributed by atoms with E-state index in [0.29, 0.717) is 5.69 Å². The highest BCUT2D eigenvalue weighted by atomic mass is 19.1. The molecule has 2 rings (SSSR count). The van der Waals surface area contributed by atoms with Crippen molar-refractivity contribution in [1.82, 2.24) is 0 Å². The monoisotopic (exact) mass is 208 g/mol. The van der Waals surface area contributed by atoms with Crippen LogP contribution in [0.1, 0.15) is 24.8 Å². The van der Waals surface area contributed by atoms with E-state index in [0.717, 1.165) is 24.8 Å². The zero-order valence-corrected chi connectivity index (χ0v) is 8.96. The second-order valence-electron chi connectivity index (χ2n) is 4.33. The molecule has 1 aromatic carbocycles. The molecule has 15 heavy (non-hydrogen) atoms. The molecular weight excluding hydrogens is 191 g/mol. The smallest absolute Gasteiger partial charge is 0.146 e. The third kappa shape index (κ3) is 2.29. The summed E-state index contributed by atoms with van der Waals surface area (Å²) in [6.07, 6.45) is 3.20. The number of halogens is 1. The van der Waals surface area contributed by atoms with Crippen LogP contribution in [-0.2, 0) is 0 Å². The minimum absolute atomic E-state index is 0.158. The topological polar surface area (TPSA) is 38.0 Å². The van der Waals surface area contributed by atoms with Crippen LogP contribution in [0.15, 0.2) is 18.2 Å². The molecule has 1 aliphatic carbocycles. The minimum Gasteiger partial charge on any atom is -0.378 e. The fraction of sp³-hybridized carbons (Fsp3) is 0.500. The van der Waals surface area contributed by atoms with E-state index in [1.165, 1.54) is 0 Å². The normalized spacial score (nSPS) is 25.5. The van der Waals surface area contributed by atoms with Gasteiger partial charge in [-0.15, -0.1) is 0 Å². The van der Waals surface area contributed by atoms with E-state index in [9.17, 15) is 4.39 Å². The first-order chi connectivity index (χ1) is 7.16. The van der Waals surface area contributed by atoms with E-state index >= 15 is 0 Å². The molecule has 2 atom stereocenters. The molecule has 0 aromatic heterocycles. The average Bonchev–Trinajstić information content (AvgIpc) is 2.57. The molecule has 1 saturated carbocycles. The highest BCUT2D eigenvalue weighted by Crippen LogP contribution is 2.23. The van der Waals surface area contributed by atoms with Crippen molar-refractivity contribution in [2.75, 3.05) is 5.32 Å². The van der Waals surface area contributed by atoms with Crippen LogP contribution in [0.3, 0.4) is 0 Å². The van der Waals surface area contributed by atoms with Gasteiger partial charge in [0.1, 0.15) is 5.82 Å². The van der Waals surface area contributed by atoms with Gasteiger partial charge < -0.3 is 11.1 Å². The van der Waals surface area contributed by atoms with Crippen LogP contribution in [0.5, 0.6) is 0 Å². The largest absolute Gasteiger partial charge is 0.378 e. The second kappa shape index (κ2) is 4.19. The van der Waals surface area contributed by atoms with Crippen LogP contribution in [-0.4, -0.2) is 12.1 Å². The maximum Gasteiger partial charge on any atom is 0.146 e. The Kier molecular flexibility index (Phi) is 2.91. The van der Waals surface area contributed by atoms with Crippen LogP contribution in [0.25, 0.3) is 0 Å². The number of nitrogens with two attached hydrogens (primary N) is 1. The average molecular weight is 208 g/mol. The summed E-state index contributed by atoms with van der Waals surface area (Å²) in [6.45, 7) is 1.88. The van der Waals surface area contributed by atoms with Crippen molar-refractivity contribution in [2.24, 2.45) is 5.73 Å². The minimum atomic E-state index is -0.186. The highest BCUT2D eigenvalue weighted by molar-refractivity contribution is 5.47. The molecule has 1 aromatic rings. The van der Waals surface area contributed by atoms with Gasteiger partial charge in [-0.05, 0) is 43.9 Å². The van der Waals surface area contributed by atoms with Gasteiger partial charge in [-0.2, -0.15) is 0 Å². The van der Waals surface area contributed by atoms with Crippen LogP contribution in [0.2, 0.25) is 0 Å². The molecule has 0 amide bonds. The van der Waals surface area contributed by atoms with Gasteiger partial charge in [-0.25, -0.2) is 4.39 Å². The van der Waals surface area contributed by atoms with Gasteiger partial charge in [-0.1, -0.05) is 6.07 Å². The highest BCUT2D eigenvalue weighted by Gasteiger charge is 2.24. The molecule has 0 spiro atoms. The van der Waals surface area contributed by atoms with E-state index in [2.05, 4.69) is 5.32 Å². The quantitative estimate of drug-likeness (QED) is 0.783. The summed E-state index contributed by atoms with van der Waals surface area (Å²) in [6, 6.07) is 5.62. The van der Waals surface area contributed by atoms with Gasteiger partial charge in [0, 0.05) is 12.1 Å². The first-order valence-electron chi connectivity index (χ1n) is 5.45. The maximum absolute atomic E-state index is 13.5. The lowest BCUT2D eigenvalue weighted by Gasteiger charge is -2.19. The molecule has 1 aliphatic rings. The van der Waals surface area contributed by atoms with Crippen molar-refractivity contribution < 1.29 is 4.39 Å². The SMILES string of the molecule is Cc1ccc(N[C@H]2CCC[C@H]2N)c(F)c1. The molecule has 0 bridgehead atoms. The summed E-state index contributed by atoms with van der Waals surface area (Å²) in [5.74, 6) is -0.186. The van der Waals surface area contributed by atoms with Crippen molar-refractivity contribution in [1.29, 1.82) is 0 Å². The fourth-order valence-electron chi connectivity index (χ4n) is 2.10. The van der Waals surface area contributed by atoms with Crippen LogP contribution >= 0.6 is 0 Å². The van der Waals surface area contributed by atoms with Crippen molar-refractivity contribution in [3.63, 3.8) is 0 Å². The van der Waals surface area contributed by atoms with Gasteiger partial charge in [0.15, 0.2) is 0 Å². The Morgan fingerprint density at radius 2 is 2.20 bits per heavy atom.